The number of nitrogens with two attached hydrogens (primary N) is 1. The van der Waals surface area contributed by atoms with Gasteiger partial charge in [0.1, 0.15) is 5.75 Å². The summed E-state index contributed by atoms with van der Waals surface area (Å²) in [6, 6.07) is 7.14. The fourth-order valence-electron chi connectivity index (χ4n) is 1.05. The van der Waals surface area contributed by atoms with E-state index < -0.39 is 0 Å². The standard InChI is InChI=1S/C10H12FNO/c1-13-10-4-2-3-8(5-10)9(6-11)7-12/h2-6H,7,12H2,1H3. The minimum Gasteiger partial charge on any atom is -0.497 e. The minimum atomic E-state index is 0.184. The van der Waals surface area contributed by atoms with Gasteiger partial charge < -0.3 is 10.5 Å². The maximum absolute atomic E-state index is 12.3. The number of hydrogen-bond acceptors (Lipinski definition) is 2. The van der Waals surface area contributed by atoms with Crippen molar-refractivity contribution in [2.75, 3.05) is 13.7 Å². The zero-order chi connectivity index (χ0) is 9.68. The average molecular weight is 181 g/mol. The Morgan fingerprint density at radius 1 is 1.62 bits per heavy atom. The molecule has 0 aliphatic rings. The van der Waals surface area contributed by atoms with Crippen LogP contribution in [0.2, 0.25) is 0 Å². The van der Waals surface area contributed by atoms with Crippen LogP contribution in [0.4, 0.5) is 4.39 Å². The van der Waals surface area contributed by atoms with Crippen molar-refractivity contribution in [2.45, 2.75) is 0 Å². The lowest BCUT2D eigenvalue weighted by Crippen LogP contribution is -2.01. The fraction of sp³-hybridized carbons (Fsp3) is 0.200. The number of benzene rings is 1. The molecule has 0 amide bonds. The molecular weight excluding hydrogens is 169 g/mol. The van der Waals surface area contributed by atoms with Crippen LogP contribution in [0.1, 0.15) is 5.56 Å². The van der Waals surface area contributed by atoms with Crippen molar-refractivity contribution in [2.24, 2.45) is 5.73 Å². The lowest BCUT2D eigenvalue weighted by Gasteiger charge is -2.04. The molecule has 1 aromatic carbocycles. The molecule has 1 rings (SSSR count). The molecule has 3 heteroatoms. The van der Waals surface area contributed by atoms with Crippen LogP contribution in [0, 0.1) is 0 Å². The summed E-state index contributed by atoms with van der Waals surface area (Å²) in [5, 5.41) is 0. The second kappa shape index (κ2) is 4.62. The number of ether oxygens (including phenoxy) is 1. The molecule has 0 saturated carbocycles. The summed E-state index contributed by atoms with van der Waals surface area (Å²) in [7, 11) is 1.57. The molecule has 0 aliphatic heterocycles. The first-order valence-corrected chi connectivity index (χ1v) is 3.95. The van der Waals surface area contributed by atoms with Crippen molar-refractivity contribution in [3.8, 4) is 5.75 Å². The molecule has 0 aliphatic carbocycles. The van der Waals surface area contributed by atoms with Gasteiger partial charge in [0, 0.05) is 12.1 Å². The summed E-state index contributed by atoms with van der Waals surface area (Å²) in [5.41, 5.74) is 6.58. The Kier molecular flexibility index (Phi) is 3.46. The SMILES string of the molecule is COc1cccc(C(=CF)CN)c1. The minimum absolute atomic E-state index is 0.184. The molecule has 70 valence electrons. The summed E-state index contributed by atoms with van der Waals surface area (Å²) >= 11 is 0. The molecule has 2 N–H and O–H groups in total. The Hall–Kier alpha value is -1.35. The molecule has 0 saturated heterocycles. The van der Waals surface area contributed by atoms with E-state index in [0.29, 0.717) is 17.7 Å². The van der Waals surface area contributed by atoms with E-state index in [1.165, 1.54) is 0 Å². The Morgan fingerprint density at radius 3 is 2.92 bits per heavy atom. The fourth-order valence-corrected chi connectivity index (χ4v) is 1.05. The van der Waals surface area contributed by atoms with Crippen LogP contribution >= 0.6 is 0 Å². The predicted octanol–water partition coefficient (Wildman–Crippen LogP) is 1.96. The summed E-state index contributed by atoms with van der Waals surface area (Å²) in [4.78, 5) is 0. The molecule has 0 bridgehead atoms. The number of rotatable bonds is 3. The highest BCUT2D eigenvalue weighted by Gasteiger charge is 2.00. The van der Waals surface area contributed by atoms with Crippen molar-refractivity contribution in [3.05, 3.63) is 36.2 Å². The Morgan fingerprint density at radius 2 is 2.38 bits per heavy atom. The highest BCUT2D eigenvalue weighted by atomic mass is 19.1. The van der Waals surface area contributed by atoms with Gasteiger partial charge in [0.25, 0.3) is 0 Å². The van der Waals surface area contributed by atoms with Crippen LogP contribution < -0.4 is 10.5 Å². The third kappa shape index (κ3) is 2.29. The van der Waals surface area contributed by atoms with Gasteiger partial charge in [0.05, 0.1) is 13.4 Å². The van der Waals surface area contributed by atoms with Gasteiger partial charge in [-0.25, -0.2) is 4.39 Å². The van der Waals surface area contributed by atoms with E-state index in [9.17, 15) is 4.39 Å². The van der Waals surface area contributed by atoms with Crippen molar-refractivity contribution in [1.82, 2.24) is 0 Å². The normalized spacial score (nSPS) is 11.5. The molecule has 2 nitrogen and oxygen atoms in total. The smallest absolute Gasteiger partial charge is 0.119 e. The van der Waals surface area contributed by atoms with Crippen molar-refractivity contribution >= 4 is 5.57 Å². The van der Waals surface area contributed by atoms with E-state index in [1.807, 2.05) is 0 Å². The molecule has 13 heavy (non-hydrogen) atoms. The molecule has 0 spiro atoms. The van der Waals surface area contributed by atoms with Gasteiger partial charge in [-0.15, -0.1) is 0 Å². The molecule has 0 fully saturated rings. The van der Waals surface area contributed by atoms with E-state index >= 15 is 0 Å². The summed E-state index contributed by atoms with van der Waals surface area (Å²) in [5.74, 6) is 0.699. The van der Waals surface area contributed by atoms with Crippen molar-refractivity contribution in [3.63, 3.8) is 0 Å². The first kappa shape index (κ1) is 9.74. The Balaban J connectivity index is 3.00. The second-order valence-electron chi connectivity index (χ2n) is 2.57. The third-order valence-corrected chi connectivity index (χ3v) is 1.79. The summed E-state index contributed by atoms with van der Waals surface area (Å²) in [6.45, 7) is 0.184. The van der Waals surface area contributed by atoms with Gasteiger partial charge in [-0.2, -0.15) is 0 Å². The van der Waals surface area contributed by atoms with Gasteiger partial charge in [-0.3, -0.25) is 0 Å². The first-order valence-electron chi connectivity index (χ1n) is 3.95. The van der Waals surface area contributed by atoms with Crippen LogP contribution in [0.5, 0.6) is 5.75 Å². The van der Waals surface area contributed by atoms with E-state index in [-0.39, 0.29) is 6.54 Å². The zero-order valence-electron chi connectivity index (χ0n) is 7.46. The first-order chi connectivity index (χ1) is 6.31. The number of hydrogen-bond donors (Lipinski definition) is 1. The monoisotopic (exact) mass is 181 g/mol. The number of methoxy groups -OCH3 is 1. The van der Waals surface area contributed by atoms with Crippen molar-refractivity contribution in [1.29, 1.82) is 0 Å². The average Bonchev–Trinajstić information content (AvgIpc) is 2.20. The highest BCUT2D eigenvalue weighted by Crippen LogP contribution is 2.19. The zero-order valence-corrected chi connectivity index (χ0v) is 7.46. The third-order valence-electron chi connectivity index (χ3n) is 1.79. The maximum atomic E-state index is 12.3. The van der Waals surface area contributed by atoms with E-state index in [4.69, 9.17) is 10.5 Å². The summed E-state index contributed by atoms with van der Waals surface area (Å²) < 4.78 is 17.3. The molecule has 0 heterocycles. The van der Waals surface area contributed by atoms with Crippen LogP contribution in [0.25, 0.3) is 5.57 Å². The maximum Gasteiger partial charge on any atom is 0.119 e. The molecule has 0 radical (unpaired) electrons. The van der Waals surface area contributed by atoms with Gasteiger partial charge in [-0.1, -0.05) is 12.1 Å². The van der Waals surface area contributed by atoms with Gasteiger partial charge in [-0.05, 0) is 17.7 Å². The molecule has 0 atom stereocenters. The predicted molar refractivity (Wildman–Crippen MR) is 51.1 cm³/mol. The molecule has 0 unspecified atom stereocenters. The second-order valence-corrected chi connectivity index (χ2v) is 2.57. The lowest BCUT2D eigenvalue weighted by molar-refractivity contribution is 0.414. The van der Waals surface area contributed by atoms with E-state index in [2.05, 4.69) is 0 Å². The molecule has 1 aromatic rings. The lowest BCUT2D eigenvalue weighted by atomic mass is 10.1. The van der Waals surface area contributed by atoms with E-state index in [1.54, 1.807) is 31.4 Å². The topological polar surface area (TPSA) is 35.2 Å². The Labute approximate surface area is 76.8 Å². The molecule has 0 aromatic heterocycles. The van der Waals surface area contributed by atoms with Crippen LogP contribution in [0.3, 0.4) is 0 Å². The van der Waals surface area contributed by atoms with Crippen molar-refractivity contribution < 1.29 is 9.13 Å². The quantitative estimate of drug-likeness (QED) is 0.773. The van der Waals surface area contributed by atoms with Gasteiger partial charge >= 0.3 is 0 Å². The largest absolute Gasteiger partial charge is 0.497 e. The van der Waals surface area contributed by atoms with Crippen LogP contribution in [0.15, 0.2) is 30.6 Å². The van der Waals surface area contributed by atoms with Crippen LogP contribution in [-0.4, -0.2) is 13.7 Å². The van der Waals surface area contributed by atoms with Crippen LogP contribution in [-0.2, 0) is 0 Å². The number of halogens is 1. The highest BCUT2D eigenvalue weighted by molar-refractivity contribution is 5.66. The van der Waals surface area contributed by atoms with Gasteiger partial charge in [0.2, 0.25) is 0 Å². The Bertz CT molecular complexity index is 310. The molecular formula is C10H12FNO. The van der Waals surface area contributed by atoms with E-state index in [0.717, 1.165) is 5.56 Å². The van der Waals surface area contributed by atoms with Gasteiger partial charge in [0.15, 0.2) is 0 Å². The summed E-state index contributed by atoms with van der Waals surface area (Å²) in [6.07, 6.45) is 0.523.